The molecular formula is C15H19NO. The Kier molecular flexibility index (Phi) is 4.37. The highest BCUT2D eigenvalue weighted by Crippen LogP contribution is 2.27. The molecule has 2 rings (SSSR count). The Morgan fingerprint density at radius 2 is 1.88 bits per heavy atom. The number of benzene rings is 1. The second kappa shape index (κ2) is 6.24. The lowest BCUT2D eigenvalue weighted by molar-refractivity contribution is 0.264. The van der Waals surface area contributed by atoms with Gasteiger partial charge in [-0.25, -0.2) is 0 Å². The van der Waals surface area contributed by atoms with Crippen molar-refractivity contribution in [1.29, 1.82) is 0 Å². The van der Waals surface area contributed by atoms with Crippen LogP contribution in [0.15, 0.2) is 48.3 Å². The van der Waals surface area contributed by atoms with Gasteiger partial charge >= 0.3 is 0 Å². The molecule has 1 aliphatic carbocycles. The molecule has 1 aromatic carbocycles. The van der Waals surface area contributed by atoms with Gasteiger partial charge in [0.25, 0.3) is 0 Å². The molecule has 1 aliphatic rings. The minimum atomic E-state index is 0.533. The highest BCUT2D eigenvalue weighted by atomic mass is 16.6. The van der Waals surface area contributed by atoms with E-state index in [-0.39, 0.29) is 0 Å². The topological polar surface area (TPSA) is 21.6 Å². The third kappa shape index (κ3) is 3.19. The van der Waals surface area contributed by atoms with E-state index < -0.39 is 0 Å². The second-order valence-corrected chi connectivity index (χ2v) is 4.45. The second-order valence-electron chi connectivity index (χ2n) is 4.45. The molecule has 0 bridgehead atoms. The molecule has 0 aromatic heterocycles. The number of oxime groups is 1. The third-order valence-electron chi connectivity index (χ3n) is 3.29. The van der Waals surface area contributed by atoms with Gasteiger partial charge in [0, 0.05) is 5.92 Å². The standard InChI is InChI=1S/C15H19NO/c1-2-17-16-15(13-9-5-3-6-10-13)14-11-7-4-8-12-14/h2-3,5-6,9-10,14H,1,4,7-8,11-12H2/b16-15+. The molecule has 1 aromatic rings. The monoisotopic (exact) mass is 229 g/mol. The zero-order valence-corrected chi connectivity index (χ0v) is 10.1. The Balaban J connectivity index is 2.21. The van der Waals surface area contributed by atoms with Crippen molar-refractivity contribution < 1.29 is 4.84 Å². The van der Waals surface area contributed by atoms with Crippen molar-refractivity contribution in [2.24, 2.45) is 11.1 Å². The van der Waals surface area contributed by atoms with Gasteiger partial charge in [0.15, 0.2) is 0 Å². The first-order chi connectivity index (χ1) is 8.42. The first-order valence-electron chi connectivity index (χ1n) is 6.32. The molecule has 0 amide bonds. The Morgan fingerprint density at radius 3 is 2.53 bits per heavy atom. The van der Waals surface area contributed by atoms with E-state index in [4.69, 9.17) is 4.84 Å². The van der Waals surface area contributed by atoms with Crippen LogP contribution in [0.1, 0.15) is 37.7 Å². The van der Waals surface area contributed by atoms with Gasteiger partial charge < -0.3 is 4.84 Å². The molecule has 17 heavy (non-hydrogen) atoms. The highest BCUT2D eigenvalue weighted by molar-refractivity contribution is 6.01. The van der Waals surface area contributed by atoms with Crippen LogP contribution in [0.5, 0.6) is 0 Å². The number of rotatable bonds is 4. The van der Waals surface area contributed by atoms with Crippen molar-refractivity contribution in [2.45, 2.75) is 32.1 Å². The van der Waals surface area contributed by atoms with E-state index in [0.29, 0.717) is 5.92 Å². The van der Waals surface area contributed by atoms with Crippen molar-refractivity contribution in [1.82, 2.24) is 0 Å². The average molecular weight is 229 g/mol. The number of hydrogen-bond acceptors (Lipinski definition) is 2. The lowest BCUT2D eigenvalue weighted by Gasteiger charge is -2.22. The molecule has 0 aliphatic heterocycles. The van der Waals surface area contributed by atoms with E-state index in [2.05, 4.69) is 23.9 Å². The quantitative estimate of drug-likeness (QED) is 0.432. The van der Waals surface area contributed by atoms with E-state index in [1.54, 1.807) is 0 Å². The smallest absolute Gasteiger partial charge is 0.114 e. The summed E-state index contributed by atoms with van der Waals surface area (Å²) in [5, 5.41) is 4.23. The fourth-order valence-electron chi connectivity index (χ4n) is 2.44. The van der Waals surface area contributed by atoms with Gasteiger partial charge in [0.05, 0.1) is 5.71 Å². The average Bonchev–Trinajstić information content (AvgIpc) is 2.42. The van der Waals surface area contributed by atoms with Crippen molar-refractivity contribution in [3.63, 3.8) is 0 Å². The zero-order chi connectivity index (χ0) is 11.9. The van der Waals surface area contributed by atoms with Crippen LogP contribution in [-0.4, -0.2) is 5.71 Å². The fourth-order valence-corrected chi connectivity index (χ4v) is 2.44. The molecule has 90 valence electrons. The molecule has 0 unspecified atom stereocenters. The summed E-state index contributed by atoms with van der Waals surface area (Å²) in [6.45, 7) is 3.54. The van der Waals surface area contributed by atoms with Crippen LogP contribution in [-0.2, 0) is 4.84 Å². The van der Waals surface area contributed by atoms with Crippen LogP contribution in [0.3, 0.4) is 0 Å². The van der Waals surface area contributed by atoms with E-state index >= 15 is 0 Å². The van der Waals surface area contributed by atoms with E-state index in [1.807, 2.05) is 18.2 Å². The van der Waals surface area contributed by atoms with Crippen LogP contribution < -0.4 is 0 Å². The van der Waals surface area contributed by atoms with Gasteiger partial charge in [0.1, 0.15) is 6.26 Å². The predicted octanol–water partition coefficient (Wildman–Crippen LogP) is 4.13. The van der Waals surface area contributed by atoms with Gasteiger partial charge in [-0.05, 0) is 18.4 Å². The Labute approximate surface area is 103 Å². The summed E-state index contributed by atoms with van der Waals surface area (Å²) in [6.07, 6.45) is 7.75. The lowest BCUT2D eigenvalue weighted by atomic mass is 9.83. The van der Waals surface area contributed by atoms with Gasteiger partial charge in [-0.2, -0.15) is 0 Å². The predicted molar refractivity (Wildman–Crippen MR) is 70.8 cm³/mol. The van der Waals surface area contributed by atoms with Crippen LogP contribution in [0.4, 0.5) is 0 Å². The van der Waals surface area contributed by atoms with Gasteiger partial charge in [-0.15, -0.1) is 0 Å². The minimum absolute atomic E-state index is 0.533. The summed E-state index contributed by atoms with van der Waals surface area (Å²) in [4.78, 5) is 5.06. The minimum Gasteiger partial charge on any atom is -0.365 e. The molecule has 2 nitrogen and oxygen atoms in total. The molecule has 0 atom stereocenters. The molecule has 1 saturated carbocycles. The molecular weight excluding hydrogens is 210 g/mol. The summed E-state index contributed by atoms with van der Waals surface area (Å²) >= 11 is 0. The van der Waals surface area contributed by atoms with E-state index in [1.165, 1.54) is 43.9 Å². The maximum Gasteiger partial charge on any atom is 0.114 e. The third-order valence-corrected chi connectivity index (χ3v) is 3.29. The molecule has 0 radical (unpaired) electrons. The van der Waals surface area contributed by atoms with Gasteiger partial charge in [-0.3, -0.25) is 0 Å². The molecule has 0 saturated heterocycles. The summed E-state index contributed by atoms with van der Waals surface area (Å²) in [6, 6.07) is 10.3. The molecule has 0 spiro atoms. The van der Waals surface area contributed by atoms with Crippen molar-refractivity contribution >= 4 is 5.71 Å². The number of hydrogen-bond donors (Lipinski definition) is 0. The molecule has 1 fully saturated rings. The van der Waals surface area contributed by atoms with Crippen LogP contribution in [0.2, 0.25) is 0 Å². The normalized spacial score (nSPS) is 17.8. The molecule has 2 heteroatoms. The largest absolute Gasteiger partial charge is 0.365 e. The van der Waals surface area contributed by atoms with Crippen LogP contribution in [0.25, 0.3) is 0 Å². The van der Waals surface area contributed by atoms with Crippen molar-refractivity contribution in [3.8, 4) is 0 Å². The van der Waals surface area contributed by atoms with Crippen LogP contribution in [0, 0.1) is 5.92 Å². The summed E-state index contributed by atoms with van der Waals surface area (Å²) < 4.78 is 0. The van der Waals surface area contributed by atoms with E-state index in [9.17, 15) is 0 Å². The summed E-state index contributed by atoms with van der Waals surface area (Å²) in [5.41, 5.74) is 2.24. The lowest BCUT2D eigenvalue weighted by Crippen LogP contribution is -2.19. The van der Waals surface area contributed by atoms with Crippen molar-refractivity contribution in [3.05, 3.63) is 48.7 Å². The van der Waals surface area contributed by atoms with Crippen molar-refractivity contribution in [2.75, 3.05) is 0 Å². The Hall–Kier alpha value is -1.57. The van der Waals surface area contributed by atoms with Crippen LogP contribution >= 0.6 is 0 Å². The zero-order valence-electron chi connectivity index (χ0n) is 10.1. The fraction of sp³-hybridized carbons (Fsp3) is 0.400. The summed E-state index contributed by atoms with van der Waals surface area (Å²) in [7, 11) is 0. The SMILES string of the molecule is C=CO/N=C(\c1ccccc1)C1CCCCC1. The maximum absolute atomic E-state index is 5.06. The number of nitrogens with zero attached hydrogens (tertiary/aromatic N) is 1. The first-order valence-corrected chi connectivity index (χ1v) is 6.32. The summed E-state index contributed by atoms with van der Waals surface area (Å²) in [5.74, 6) is 0.533. The Morgan fingerprint density at radius 1 is 1.18 bits per heavy atom. The Bertz CT molecular complexity index is 377. The highest BCUT2D eigenvalue weighted by Gasteiger charge is 2.21. The molecule has 0 N–H and O–H groups in total. The van der Waals surface area contributed by atoms with Gasteiger partial charge in [-0.1, -0.05) is 61.3 Å². The molecule has 0 heterocycles. The van der Waals surface area contributed by atoms with E-state index in [0.717, 1.165) is 5.71 Å². The first kappa shape index (κ1) is 11.9. The maximum atomic E-state index is 5.06. The van der Waals surface area contributed by atoms with Gasteiger partial charge in [0.2, 0.25) is 0 Å².